The number of benzene rings is 2. The van der Waals surface area contributed by atoms with Crippen LogP contribution in [0.4, 0.5) is 0 Å². The van der Waals surface area contributed by atoms with Crippen molar-refractivity contribution in [1.29, 1.82) is 0 Å². The maximum atomic E-state index is 12.0. The van der Waals surface area contributed by atoms with Gasteiger partial charge in [0.1, 0.15) is 5.60 Å². The second-order valence-electron chi connectivity index (χ2n) is 7.34. The van der Waals surface area contributed by atoms with Crippen LogP contribution in [0.2, 0.25) is 19.6 Å². The highest BCUT2D eigenvalue weighted by Crippen LogP contribution is 2.42. The highest BCUT2D eigenvalue weighted by molar-refractivity contribution is 6.69. The summed E-state index contributed by atoms with van der Waals surface area (Å²) < 4.78 is 6.85. The summed E-state index contributed by atoms with van der Waals surface area (Å²) in [6.07, 6.45) is 1.34. The van der Waals surface area contributed by atoms with Gasteiger partial charge in [-0.2, -0.15) is 0 Å². The van der Waals surface area contributed by atoms with Crippen molar-refractivity contribution in [1.82, 2.24) is 5.32 Å². The lowest BCUT2D eigenvalue weighted by atomic mass is 9.79. The van der Waals surface area contributed by atoms with Gasteiger partial charge in [-0.15, -0.1) is 0 Å². The van der Waals surface area contributed by atoms with Crippen molar-refractivity contribution < 1.29 is 9.22 Å². The smallest absolute Gasteiger partial charge is 0.220 e. The minimum absolute atomic E-state index is 0.0541. The summed E-state index contributed by atoms with van der Waals surface area (Å²) >= 11 is 0. The summed E-state index contributed by atoms with van der Waals surface area (Å²) in [4.78, 5) is 12.0. The van der Waals surface area contributed by atoms with Gasteiger partial charge in [-0.3, -0.25) is 4.79 Å². The van der Waals surface area contributed by atoms with E-state index in [0.717, 1.165) is 17.5 Å². The molecule has 3 nitrogen and oxygen atoms in total. The monoisotopic (exact) mass is 339 g/mol. The molecule has 24 heavy (non-hydrogen) atoms. The van der Waals surface area contributed by atoms with E-state index in [-0.39, 0.29) is 11.9 Å². The molecule has 0 radical (unpaired) electrons. The van der Waals surface area contributed by atoms with Crippen molar-refractivity contribution in [2.24, 2.45) is 0 Å². The molecular weight excluding hydrogens is 314 g/mol. The Labute approximate surface area is 145 Å². The number of carbonyl (C=O) groups excluding carboxylic acids is 1. The largest absolute Gasteiger partial charge is 0.402 e. The molecule has 1 saturated heterocycles. The minimum Gasteiger partial charge on any atom is -0.402 e. The molecule has 1 aliphatic heterocycles. The highest BCUT2D eigenvalue weighted by atomic mass is 28.4. The van der Waals surface area contributed by atoms with Crippen molar-refractivity contribution in [2.75, 3.05) is 0 Å². The van der Waals surface area contributed by atoms with E-state index in [1.54, 1.807) is 0 Å². The van der Waals surface area contributed by atoms with Gasteiger partial charge in [-0.1, -0.05) is 60.7 Å². The predicted molar refractivity (Wildman–Crippen MR) is 99.3 cm³/mol. The molecule has 1 amide bonds. The Hall–Kier alpha value is -1.91. The van der Waals surface area contributed by atoms with E-state index in [1.807, 2.05) is 36.4 Å². The number of nitrogens with one attached hydrogen (secondary N) is 1. The van der Waals surface area contributed by atoms with Crippen LogP contribution in [0.25, 0.3) is 0 Å². The third-order valence-electron chi connectivity index (χ3n) is 4.36. The van der Waals surface area contributed by atoms with E-state index in [0.29, 0.717) is 6.42 Å². The first-order valence-electron chi connectivity index (χ1n) is 8.52. The van der Waals surface area contributed by atoms with E-state index < -0.39 is 13.9 Å². The number of hydrogen-bond donors (Lipinski definition) is 1. The first-order valence-corrected chi connectivity index (χ1v) is 11.9. The number of carbonyl (C=O) groups is 1. The van der Waals surface area contributed by atoms with E-state index in [1.165, 1.54) is 0 Å². The molecule has 1 fully saturated rings. The van der Waals surface area contributed by atoms with Crippen molar-refractivity contribution in [2.45, 2.75) is 44.1 Å². The Morgan fingerprint density at radius 1 is 0.958 bits per heavy atom. The Balaban J connectivity index is 2.21. The molecule has 0 saturated carbocycles. The average molecular weight is 340 g/mol. The van der Waals surface area contributed by atoms with E-state index in [4.69, 9.17) is 4.43 Å². The van der Waals surface area contributed by atoms with Crippen LogP contribution in [0, 0.1) is 0 Å². The molecule has 1 N–H and O–H groups in total. The third kappa shape index (κ3) is 3.30. The molecule has 1 atom stereocenters. The van der Waals surface area contributed by atoms with Gasteiger partial charge >= 0.3 is 0 Å². The fourth-order valence-corrected chi connectivity index (χ4v) is 4.88. The summed E-state index contributed by atoms with van der Waals surface area (Å²) in [6.45, 7) is 6.60. The van der Waals surface area contributed by atoms with Crippen LogP contribution in [0.1, 0.15) is 24.0 Å². The summed E-state index contributed by atoms with van der Waals surface area (Å²) in [5.41, 5.74) is 1.57. The SMILES string of the molecule is C[Si](C)(C)OC(c1ccccc1)(c1ccccc1)[C@@H]1CCC(=O)N1. The number of hydrogen-bond acceptors (Lipinski definition) is 2. The molecule has 0 spiro atoms. The fourth-order valence-electron chi connectivity index (χ4n) is 3.53. The Morgan fingerprint density at radius 2 is 1.46 bits per heavy atom. The van der Waals surface area contributed by atoms with Gasteiger partial charge in [0, 0.05) is 6.42 Å². The van der Waals surface area contributed by atoms with Gasteiger partial charge in [0.2, 0.25) is 5.91 Å². The maximum Gasteiger partial charge on any atom is 0.220 e. The highest BCUT2D eigenvalue weighted by Gasteiger charge is 2.48. The van der Waals surface area contributed by atoms with Crippen molar-refractivity contribution in [3.05, 3.63) is 71.8 Å². The molecular formula is C20H25NO2Si. The zero-order chi connectivity index (χ0) is 17.2. The third-order valence-corrected chi connectivity index (χ3v) is 5.29. The first-order chi connectivity index (χ1) is 11.4. The summed E-state index contributed by atoms with van der Waals surface area (Å²) in [5, 5.41) is 3.17. The average Bonchev–Trinajstić information content (AvgIpc) is 3.00. The van der Waals surface area contributed by atoms with E-state index in [2.05, 4.69) is 49.2 Å². The zero-order valence-electron chi connectivity index (χ0n) is 14.6. The lowest BCUT2D eigenvalue weighted by Crippen LogP contribution is -2.53. The molecule has 0 bridgehead atoms. The van der Waals surface area contributed by atoms with Crippen molar-refractivity contribution >= 4 is 14.2 Å². The molecule has 0 aliphatic carbocycles. The normalized spacial score (nSPS) is 18.5. The van der Waals surface area contributed by atoms with Crippen LogP contribution < -0.4 is 5.32 Å². The first kappa shape index (κ1) is 16.9. The second kappa shape index (κ2) is 6.53. The molecule has 0 unspecified atom stereocenters. The lowest BCUT2D eigenvalue weighted by Gasteiger charge is -2.44. The molecule has 1 heterocycles. The fraction of sp³-hybridized carbons (Fsp3) is 0.350. The quantitative estimate of drug-likeness (QED) is 0.834. The van der Waals surface area contributed by atoms with Crippen LogP contribution >= 0.6 is 0 Å². The van der Waals surface area contributed by atoms with Gasteiger partial charge in [0.15, 0.2) is 8.32 Å². The Bertz CT molecular complexity index is 655. The van der Waals surface area contributed by atoms with Crippen LogP contribution in [0.3, 0.4) is 0 Å². The van der Waals surface area contributed by atoms with Crippen molar-refractivity contribution in [3.63, 3.8) is 0 Å². The summed E-state index contributed by atoms with van der Waals surface area (Å²) in [6, 6.07) is 20.6. The molecule has 3 rings (SSSR count). The lowest BCUT2D eigenvalue weighted by molar-refractivity contribution is -0.120. The van der Waals surface area contributed by atoms with Crippen molar-refractivity contribution in [3.8, 4) is 0 Å². The second-order valence-corrected chi connectivity index (χ2v) is 11.8. The standard InChI is InChI=1S/C20H25NO2Si/c1-24(2,3)23-20(16-10-6-4-7-11-16,17-12-8-5-9-13-17)18-14-15-19(22)21-18/h4-13,18H,14-15H2,1-3H3,(H,21,22)/t18-/m0/s1. The number of amides is 1. The van der Waals surface area contributed by atoms with Gasteiger partial charge in [-0.25, -0.2) is 0 Å². The van der Waals surface area contributed by atoms with Gasteiger partial charge in [0.05, 0.1) is 6.04 Å². The van der Waals surface area contributed by atoms with Crippen LogP contribution in [0.15, 0.2) is 60.7 Å². The maximum absolute atomic E-state index is 12.0. The molecule has 2 aromatic carbocycles. The summed E-state index contributed by atoms with van der Waals surface area (Å²) in [7, 11) is -1.90. The van der Waals surface area contributed by atoms with E-state index in [9.17, 15) is 4.79 Å². The Morgan fingerprint density at radius 3 is 1.83 bits per heavy atom. The number of rotatable bonds is 5. The van der Waals surface area contributed by atoms with Gasteiger partial charge in [-0.05, 0) is 37.2 Å². The van der Waals surface area contributed by atoms with Crippen LogP contribution in [-0.2, 0) is 14.8 Å². The molecule has 126 valence electrons. The molecule has 0 aromatic heterocycles. The van der Waals surface area contributed by atoms with Gasteiger partial charge in [0.25, 0.3) is 0 Å². The zero-order valence-corrected chi connectivity index (χ0v) is 15.6. The van der Waals surface area contributed by atoms with E-state index >= 15 is 0 Å². The summed E-state index contributed by atoms with van der Waals surface area (Å²) in [5.74, 6) is 0.107. The van der Waals surface area contributed by atoms with Crippen LogP contribution in [0.5, 0.6) is 0 Å². The van der Waals surface area contributed by atoms with Gasteiger partial charge < -0.3 is 9.74 Å². The molecule has 2 aromatic rings. The molecule has 1 aliphatic rings. The van der Waals surface area contributed by atoms with Crippen LogP contribution in [-0.4, -0.2) is 20.3 Å². The predicted octanol–water partition coefficient (Wildman–Crippen LogP) is 4.06. The molecule has 4 heteroatoms. The minimum atomic E-state index is -1.90. The topological polar surface area (TPSA) is 38.3 Å². The Kier molecular flexibility index (Phi) is 4.61.